The Morgan fingerprint density at radius 3 is 2.62 bits per heavy atom. The molecule has 0 radical (unpaired) electrons. The van der Waals surface area contributed by atoms with Crippen molar-refractivity contribution < 1.29 is 14.4 Å². The molecule has 0 saturated carbocycles. The van der Waals surface area contributed by atoms with Crippen LogP contribution in [0.5, 0.6) is 0 Å². The van der Waals surface area contributed by atoms with Gasteiger partial charge in [-0.05, 0) is 31.4 Å². The van der Waals surface area contributed by atoms with Crippen LogP contribution in [0.3, 0.4) is 0 Å². The Kier molecular flexibility index (Phi) is 2.41. The first-order valence-corrected chi connectivity index (χ1v) is 5.45. The molecule has 0 aromatic heterocycles. The van der Waals surface area contributed by atoms with E-state index in [2.05, 4.69) is 0 Å². The van der Waals surface area contributed by atoms with Gasteiger partial charge in [0.25, 0.3) is 0 Å². The Hall–Kier alpha value is -1.51. The van der Waals surface area contributed by atoms with Crippen molar-refractivity contribution in [3.8, 4) is 0 Å². The molecule has 0 bridgehead atoms. The van der Waals surface area contributed by atoms with Crippen LogP contribution in [0.15, 0.2) is 24.3 Å². The van der Waals surface area contributed by atoms with E-state index < -0.39 is 11.3 Å². The van der Waals surface area contributed by atoms with E-state index in [1.54, 1.807) is 0 Å². The van der Waals surface area contributed by atoms with Crippen LogP contribution in [0.4, 0.5) is 0 Å². The van der Waals surface area contributed by atoms with Gasteiger partial charge >= 0.3 is 0 Å². The Labute approximate surface area is 94.2 Å². The molecule has 0 aromatic rings. The fourth-order valence-electron chi connectivity index (χ4n) is 2.96. The summed E-state index contributed by atoms with van der Waals surface area (Å²) in [5.74, 6) is -1.22. The summed E-state index contributed by atoms with van der Waals surface area (Å²) in [6.07, 6.45) is 6.80. The highest BCUT2D eigenvalue weighted by molar-refractivity contribution is 6.20. The second-order valence-electron chi connectivity index (χ2n) is 4.53. The fourth-order valence-corrected chi connectivity index (χ4v) is 2.96. The normalized spacial score (nSPS) is 37.4. The largest absolute Gasteiger partial charge is 0.299 e. The first kappa shape index (κ1) is 11.0. The molecule has 0 heterocycles. The summed E-state index contributed by atoms with van der Waals surface area (Å²) >= 11 is 0. The molecule has 0 N–H and O–H groups in total. The van der Waals surface area contributed by atoms with Crippen molar-refractivity contribution in [2.45, 2.75) is 20.3 Å². The number of ketones is 3. The number of allylic oxidation sites excluding steroid dienone is 4. The third kappa shape index (κ3) is 1.17. The van der Waals surface area contributed by atoms with Crippen molar-refractivity contribution in [2.75, 3.05) is 0 Å². The molecular formula is C13H14O3. The highest BCUT2D eigenvalue weighted by Gasteiger charge is 2.56. The summed E-state index contributed by atoms with van der Waals surface area (Å²) in [6, 6.07) is 0. The van der Waals surface area contributed by atoms with Gasteiger partial charge in [0, 0.05) is 5.92 Å². The second-order valence-corrected chi connectivity index (χ2v) is 4.53. The Bertz CT molecular complexity index is 430. The Balaban J connectivity index is 2.65. The molecule has 2 aliphatic carbocycles. The number of Topliss-reactive ketones (excluding diaryl/α,β-unsaturated/α-hetero) is 1. The van der Waals surface area contributed by atoms with Crippen molar-refractivity contribution >= 4 is 17.3 Å². The van der Waals surface area contributed by atoms with Crippen molar-refractivity contribution in [3.05, 3.63) is 24.3 Å². The molecule has 3 nitrogen and oxygen atoms in total. The van der Waals surface area contributed by atoms with Crippen LogP contribution < -0.4 is 0 Å². The monoisotopic (exact) mass is 218 g/mol. The van der Waals surface area contributed by atoms with Crippen LogP contribution in [0, 0.1) is 17.3 Å². The quantitative estimate of drug-likeness (QED) is 0.495. The molecule has 16 heavy (non-hydrogen) atoms. The number of carbonyl (C=O) groups excluding carboxylic acids is 3. The van der Waals surface area contributed by atoms with Gasteiger partial charge in [0.15, 0.2) is 11.6 Å². The summed E-state index contributed by atoms with van der Waals surface area (Å²) in [7, 11) is 0. The maximum Gasteiger partial charge on any atom is 0.170 e. The second kappa shape index (κ2) is 3.51. The summed E-state index contributed by atoms with van der Waals surface area (Å²) in [5, 5.41) is 0. The maximum atomic E-state index is 12.1. The van der Waals surface area contributed by atoms with Crippen molar-refractivity contribution in [3.63, 3.8) is 0 Å². The lowest BCUT2D eigenvalue weighted by atomic mass is 9.56. The van der Waals surface area contributed by atoms with Crippen LogP contribution in [0.1, 0.15) is 20.3 Å². The molecule has 0 fully saturated rings. The smallest absolute Gasteiger partial charge is 0.170 e. The molecular weight excluding hydrogens is 204 g/mol. The zero-order valence-electron chi connectivity index (χ0n) is 9.40. The van der Waals surface area contributed by atoms with E-state index in [0.717, 1.165) is 0 Å². The van der Waals surface area contributed by atoms with E-state index in [4.69, 9.17) is 0 Å². The number of fused-ring (bicyclic) bond motifs is 1. The first-order chi connectivity index (χ1) is 7.51. The lowest BCUT2D eigenvalue weighted by molar-refractivity contribution is -0.149. The maximum absolute atomic E-state index is 12.1. The van der Waals surface area contributed by atoms with Gasteiger partial charge in [-0.1, -0.05) is 19.1 Å². The summed E-state index contributed by atoms with van der Waals surface area (Å²) < 4.78 is 0. The third-order valence-electron chi connectivity index (χ3n) is 3.80. The molecule has 0 aromatic carbocycles. The van der Waals surface area contributed by atoms with Gasteiger partial charge in [0.05, 0.1) is 0 Å². The lowest BCUT2D eigenvalue weighted by Gasteiger charge is -2.42. The number of carbonyl (C=O) groups is 3. The summed E-state index contributed by atoms with van der Waals surface area (Å²) in [5.41, 5.74) is -1.14. The lowest BCUT2D eigenvalue weighted by Crippen LogP contribution is -2.53. The third-order valence-corrected chi connectivity index (χ3v) is 3.80. The van der Waals surface area contributed by atoms with Gasteiger partial charge in [-0.25, -0.2) is 0 Å². The van der Waals surface area contributed by atoms with Crippen molar-refractivity contribution in [2.24, 2.45) is 17.3 Å². The number of rotatable bonds is 1. The van der Waals surface area contributed by atoms with Crippen LogP contribution in [0.25, 0.3) is 0 Å². The Morgan fingerprint density at radius 2 is 2.06 bits per heavy atom. The van der Waals surface area contributed by atoms with Crippen LogP contribution in [0.2, 0.25) is 0 Å². The topological polar surface area (TPSA) is 51.2 Å². The molecule has 0 amide bonds. The van der Waals surface area contributed by atoms with Crippen LogP contribution in [-0.2, 0) is 14.4 Å². The van der Waals surface area contributed by atoms with Gasteiger partial charge in [-0.2, -0.15) is 0 Å². The molecule has 2 rings (SSSR count). The van der Waals surface area contributed by atoms with E-state index in [1.807, 2.05) is 19.1 Å². The average Bonchev–Trinajstić information content (AvgIpc) is 2.23. The SMILES string of the molecule is CC(=O)[C@]12C(=O)C=CC(=O)[C@H]1CC=C[C@H]2C. The van der Waals surface area contributed by atoms with Gasteiger partial charge < -0.3 is 0 Å². The highest BCUT2D eigenvalue weighted by Crippen LogP contribution is 2.46. The molecule has 0 spiro atoms. The van der Waals surface area contributed by atoms with E-state index >= 15 is 0 Å². The van der Waals surface area contributed by atoms with E-state index in [1.165, 1.54) is 19.1 Å². The first-order valence-electron chi connectivity index (χ1n) is 5.45. The van der Waals surface area contributed by atoms with Crippen molar-refractivity contribution in [1.29, 1.82) is 0 Å². The molecule has 3 atom stereocenters. The molecule has 2 aliphatic rings. The van der Waals surface area contributed by atoms with Gasteiger partial charge in [0.1, 0.15) is 11.2 Å². The van der Waals surface area contributed by atoms with E-state index in [9.17, 15) is 14.4 Å². The van der Waals surface area contributed by atoms with Gasteiger partial charge in [-0.3, -0.25) is 14.4 Å². The zero-order chi connectivity index (χ0) is 11.9. The fraction of sp³-hybridized carbons (Fsp3) is 0.462. The molecule has 3 heteroatoms. The average molecular weight is 218 g/mol. The molecule has 0 unspecified atom stereocenters. The molecule has 84 valence electrons. The predicted molar refractivity (Wildman–Crippen MR) is 58.7 cm³/mol. The van der Waals surface area contributed by atoms with Gasteiger partial charge in [-0.15, -0.1) is 0 Å². The predicted octanol–water partition coefficient (Wildman–Crippen LogP) is 1.48. The molecule has 0 aliphatic heterocycles. The number of hydrogen-bond donors (Lipinski definition) is 0. The van der Waals surface area contributed by atoms with Crippen molar-refractivity contribution in [1.82, 2.24) is 0 Å². The Morgan fingerprint density at radius 1 is 1.38 bits per heavy atom. The molecule has 0 saturated heterocycles. The van der Waals surface area contributed by atoms with E-state index in [0.29, 0.717) is 6.42 Å². The highest BCUT2D eigenvalue weighted by atomic mass is 16.2. The minimum atomic E-state index is -1.14. The standard InChI is InChI=1S/C13H14O3/c1-8-4-3-5-10-11(15)6-7-12(16)13(8,10)9(2)14/h3-4,6-8,10H,5H2,1-2H3/t8-,10-,13+/m1/s1. The van der Waals surface area contributed by atoms with Crippen LogP contribution in [-0.4, -0.2) is 17.3 Å². The van der Waals surface area contributed by atoms with Gasteiger partial charge in [0.2, 0.25) is 0 Å². The minimum absolute atomic E-state index is 0.106. The zero-order valence-corrected chi connectivity index (χ0v) is 9.40. The number of hydrogen-bond acceptors (Lipinski definition) is 3. The minimum Gasteiger partial charge on any atom is -0.299 e. The summed E-state index contributed by atoms with van der Waals surface area (Å²) in [6.45, 7) is 3.24. The summed E-state index contributed by atoms with van der Waals surface area (Å²) in [4.78, 5) is 35.7. The van der Waals surface area contributed by atoms with E-state index in [-0.39, 0.29) is 23.3 Å². The van der Waals surface area contributed by atoms with Crippen LogP contribution >= 0.6 is 0 Å².